The molecule has 0 aliphatic heterocycles. The van der Waals surface area contributed by atoms with Crippen LogP contribution in [0.15, 0.2) is 60.7 Å². The molecule has 1 nitrogen and oxygen atoms in total. The molecular weight excluding hydrogens is 374 g/mol. The number of hydrogen-bond acceptors (Lipinski definition) is 0. The van der Waals surface area contributed by atoms with E-state index in [1.807, 2.05) is 0 Å². The van der Waals surface area contributed by atoms with Gasteiger partial charge < -0.3 is 0 Å². The van der Waals surface area contributed by atoms with Crippen LogP contribution < -0.4 is 4.57 Å². The van der Waals surface area contributed by atoms with Crippen LogP contribution in [0.2, 0.25) is 0 Å². The minimum atomic E-state index is 0.0807. The van der Waals surface area contributed by atoms with Crippen LogP contribution in [-0.2, 0) is 18.9 Å². The quantitative estimate of drug-likeness (QED) is 0.298. The molecule has 1 heterocycles. The molecule has 0 saturated heterocycles. The molecule has 0 radical (unpaired) electrons. The fourth-order valence-electron chi connectivity index (χ4n) is 4.89. The van der Waals surface area contributed by atoms with Gasteiger partial charge in [-0.15, -0.1) is 0 Å². The van der Waals surface area contributed by atoms with E-state index in [2.05, 4.69) is 121 Å². The van der Waals surface area contributed by atoms with E-state index in [9.17, 15) is 0 Å². The summed E-state index contributed by atoms with van der Waals surface area (Å²) in [5.74, 6) is 0. The van der Waals surface area contributed by atoms with Gasteiger partial charge in [0.05, 0.1) is 0 Å². The van der Waals surface area contributed by atoms with Crippen molar-refractivity contribution in [2.75, 3.05) is 0 Å². The molecular formula is C30H36N+. The monoisotopic (exact) mass is 410 g/mol. The molecule has 0 spiro atoms. The van der Waals surface area contributed by atoms with Crippen LogP contribution in [0.4, 0.5) is 0 Å². The van der Waals surface area contributed by atoms with Gasteiger partial charge in [0.15, 0.2) is 0 Å². The maximum Gasteiger partial charge on any atom is 0.213 e. The summed E-state index contributed by atoms with van der Waals surface area (Å²) in [6, 6.07) is 22.7. The zero-order valence-electron chi connectivity index (χ0n) is 20.4. The number of fused-ring (bicyclic) bond motifs is 2. The van der Waals surface area contributed by atoms with E-state index in [-0.39, 0.29) is 10.8 Å². The maximum atomic E-state index is 2.43. The van der Waals surface area contributed by atoms with Crippen LogP contribution >= 0.6 is 0 Å². The first-order chi connectivity index (χ1) is 14.5. The molecule has 0 aliphatic carbocycles. The van der Waals surface area contributed by atoms with Crippen molar-refractivity contribution in [3.63, 3.8) is 0 Å². The predicted molar refractivity (Wildman–Crippen MR) is 135 cm³/mol. The first-order valence-corrected chi connectivity index (χ1v) is 11.4. The number of aromatic nitrogens is 1. The van der Waals surface area contributed by atoms with E-state index < -0.39 is 0 Å². The molecule has 0 saturated carbocycles. The highest BCUT2D eigenvalue weighted by molar-refractivity contribution is 5.94. The molecule has 0 bridgehead atoms. The Morgan fingerprint density at radius 2 is 1.42 bits per heavy atom. The Balaban J connectivity index is 2.00. The number of rotatable bonds is 2. The zero-order valence-corrected chi connectivity index (χ0v) is 20.4. The van der Waals surface area contributed by atoms with Crippen molar-refractivity contribution in [1.29, 1.82) is 0 Å². The number of hydrogen-bond donors (Lipinski definition) is 0. The van der Waals surface area contributed by atoms with E-state index in [1.165, 1.54) is 49.6 Å². The average molecular weight is 411 g/mol. The molecule has 0 atom stereocenters. The number of nitrogens with zero attached hydrogens (tertiary/aromatic N) is 1. The lowest BCUT2D eigenvalue weighted by atomic mass is 9.80. The molecule has 3 aromatic carbocycles. The Bertz CT molecular complexity index is 1280. The van der Waals surface area contributed by atoms with Crippen LogP contribution in [0.1, 0.15) is 58.2 Å². The second-order valence-corrected chi connectivity index (χ2v) is 11.3. The topological polar surface area (TPSA) is 3.88 Å². The maximum absolute atomic E-state index is 2.43. The van der Waals surface area contributed by atoms with E-state index in [0.29, 0.717) is 0 Å². The fourth-order valence-corrected chi connectivity index (χ4v) is 4.89. The Labute approximate surface area is 187 Å². The minimum absolute atomic E-state index is 0.0807. The first-order valence-electron chi connectivity index (χ1n) is 11.4. The van der Waals surface area contributed by atoms with Gasteiger partial charge in [-0.05, 0) is 63.8 Å². The summed E-state index contributed by atoms with van der Waals surface area (Å²) in [5.41, 5.74) is 8.43. The van der Waals surface area contributed by atoms with E-state index >= 15 is 0 Å². The predicted octanol–water partition coefficient (Wildman–Crippen LogP) is 7.68. The summed E-state index contributed by atoms with van der Waals surface area (Å²) in [7, 11) is 2.21. The lowest BCUT2D eigenvalue weighted by Crippen LogP contribution is -2.32. The van der Waals surface area contributed by atoms with Crippen LogP contribution in [0.25, 0.3) is 32.9 Å². The van der Waals surface area contributed by atoms with Crippen LogP contribution in [0, 0.1) is 12.3 Å². The van der Waals surface area contributed by atoms with Crippen molar-refractivity contribution in [2.45, 2.75) is 60.3 Å². The first kappa shape index (κ1) is 21.6. The third-order valence-electron chi connectivity index (χ3n) is 6.42. The lowest BCUT2D eigenvalue weighted by Gasteiger charge is -2.24. The number of aryl methyl sites for hydroxylation is 2. The van der Waals surface area contributed by atoms with Gasteiger partial charge in [0.1, 0.15) is 7.05 Å². The third kappa shape index (κ3) is 3.99. The summed E-state index contributed by atoms with van der Waals surface area (Å²) in [4.78, 5) is 0. The van der Waals surface area contributed by atoms with Gasteiger partial charge in [0, 0.05) is 23.1 Å². The second-order valence-electron chi connectivity index (χ2n) is 11.3. The standard InChI is InChI=1S/C30H36N/c1-20-22-13-9-10-14-24(22)26(30(5,6)7)18-25(20)28-17-16-23-21(19-29(2,3)4)12-11-15-27(23)31(28)8/h9-18H,19H2,1-8H3/q+1. The van der Waals surface area contributed by atoms with Crippen molar-refractivity contribution in [3.05, 3.63) is 77.4 Å². The summed E-state index contributed by atoms with van der Waals surface area (Å²) in [6.45, 7) is 16.1. The van der Waals surface area contributed by atoms with E-state index in [0.717, 1.165) is 6.42 Å². The Morgan fingerprint density at radius 1 is 0.742 bits per heavy atom. The Morgan fingerprint density at radius 3 is 2.06 bits per heavy atom. The number of pyridine rings is 1. The molecule has 31 heavy (non-hydrogen) atoms. The highest BCUT2D eigenvalue weighted by Crippen LogP contribution is 2.37. The van der Waals surface area contributed by atoms with Crippen molar-refractivity contribution in [3.8, 4) is 11.3 Å². The summed E-state index contributed by atoms with van der Waals surface area (Å²) in [5, 5.41) is 4.08. The van der Waals surface area contributed by atoms with E-state index in [1.54, 1.807) is 0 Å². The minimum Gasteiger partial charge on any atom is -0.194 e. The SMILES string of the molecule is Cc1c(-c2ccc3c(CC(C)(C)C)cccc3[n+]2C)cc(C(C)(C)C)c2ccccc12. The van der Waals surface area contributed by atoms with Gasteiger partial charge in [-0.25, -0.2) is 0 Å². The Hall–Kier alpha value is -2.67. The normalized spacial score (nSPS) is 12.6. The van der Waals surface area contributed by atoms with Gasteiger partial charge in [-0.1, -0.05) is 77.9 Å². The van der Waals surface area contributed by atoms with Crippen molar-refractivity contribution in [2.24, 2.45) is 12.5 Å². The fraction of sp³-hybridized carbons (Fsp3) is 0.367. The molecule has 4 rings (SSSR count). The summed E-state index contributed by atoms with van der Waals surface area (Å²) < 4.78 is 2.38. The lowest BCUT2D eigenvalue weighted by molar-refractivity contribution is -0.633. The molecule has 160 valence electrons. The molecule has 1 heteroatoms. The van der Waals surface area contributed by atoms with Gasteiger partial charge in [-0.2, -0.15) is 4.57 Å². The molecule has 0 unspecified atom stereocenters. The van der Waals surface area contributed by atoms with Gasteiger partial charge >= 0.3 is 0 Å². The summed E-state index contributed by atoms with van der Waals surface area (Å²) >= 11 is 0. The highest BCUT2D eigenvalue weighted by atomic mass is 14.9. The molecule has 0 amide bonds. The van der Waals surface area contributed by atoms with Crippen molar-refractivity contribution < 1.29 is 4.57 Å². The molecule has 0 fully saturated rings. The second kappa shape index (κ2) is 7.48. The highest BCUT2D eigenvalue weighted by Gasteiger charge is 2.24. The van der Waals surface area contributed by atoms with Crippen LogP contribution in [0.3, 0.4) is 0 Å². The van der Waals surface area contributed by atoms with E-state index in [4.69, 9.17) is 0 Å². The number of benzene rings is 3. The molecule has 0 aliphatic rings. The molecule has 4 aromatic rings. The largest absolute Gasteiger partial charge is 0.213 e. The smallest absolute Gasteiger partial charge is 0.194 e. The Kier molecular flexibility index (Phi) is 5.20. The van der Waals surface area contributed by atoms with Crippen molar-refractivity contribution in [1.82, 2.24) is 0 Å². The van der Waals surface area contributed by atoms with Crippen LogP contribution in [-0.4, -0.2) is 0 Å². The van der Waals surface area contributed by atoms with Crippen molar-refractivity contribution >= 4 is 21.7 Å². The summed E-state index contributed by atoms with van der Waals surface area (Å²) in [6.07, 6.45) is 1.08. The zero-order chi connectivity index (χ0) is 22.6. The molecule has 1 aromatic heterocycles. The average Bonchev–Trinajstić information content (AvgIpc) is 2.68. The molecule has 0 N–H and O–H groups in total. The van der Waals surface area contributed by atoms with Gasteiger partial charge in [0.2, 0.25) is 11.2 Å². The van der Waals surface area contributed by atoms with Gasteiger partial charge in [-0.3, -0.25) is 0 Å². The van der Waals surface area contributed by atoms with Gasteiger partial charge in [0.25, 0.3) is 0 Å². The third-order valence-corrected chi connectivity index (χ3v) is 6.42. The van der Waals surface area contributed by atoms with Crippen LogP contribution in [0.5, 0.6) is 0 Å².